The largest absolute Gasteiger partial charge is 0.509 e. The first-order valence-electron chi connectivity index (χ1n) is 22.0. The topological polar surface area (TPSA) is 33.5 Å². The van der Waals surface area contributed by atoms with Crippen molar-refractivity contribution < 1.29 is 25.8 Å². The molecule has 0 aliphatic carbocycles. The van der Waals surface area contributed by atoms with E-state index in [0.717, 1.165) is 44.6 Å². The fraction of sp³-hybridized carbons (Fsp3) is 0.333. The second-order valence-corrected chi connectivity index (χ2v) is 21.7. The smallest absolute Gasteiger partial charge is 0.135 e. The average Bonchev–Trinajstić information content (AvgIpc) is 3.83. The molecule has 0 unspecified atom stereocenters. The van der Waals surface area contributed by atoms with Gasteiger partial charge >= 0.3 is 0 Å². The summed E-state index contributed by atoms with van der Waals surface area (Å²) in [5.41, 5.74) is 10.9. The molecule has 330 valence electrons. The van der Waals surface area contributed by atoms with Crippen LogP contribution < -0.4 is 14.5 Å². The standard InChI is InChI=1S/C57H63N4O.Pt/c1-53(2,3)40-28-41(54(4,5)6)30-43(29-40)59-26-27-60(37-59)44-31-42(55(7,8)9)32-45(34-44)62-46-35-48(56(10,11)12)52-47-22-18-19-23-49(47)61(50(52)36-46)51-33-39(24-25-58-51)57(13,14)38-20-16-15-17-21-38;/h15-33,35,37H,1-14H3;/q-3;. The molecule has 2 aromatic heterocycles. The van der Waals surface area contributed by atoms with E-state index >= 15 is 0 Å². The van der Waals surface area contributed by atoms with E-state index < -0.39 is 0 Å². The number of fused-ring (bicyclic) bond motifs is 3. The van der Waals surface area contributed by atoms with Gasteiger partial charge in [0.15, 0.2) is 0 Å². The maximum atomic E-state index is 6.98. The normalized spacial score (nSPS) is 13.9. The molecular weight excluding hydrogens is 952 g/mol. The second kappa shape index (κ2) is 16.5. The zero-order valence-electron chi connectivity index (χ0n) is 39.6. The number of benzene rings is 5. The molecule has 1 aliphatic heterocycles. The van der Waals surface area contributed by atoms with Crippen molar-refractivity contribution in [3.63, 3.8) is 0 Å². The van der Waals surface area contributed by atoms with Gasteiger partial charge in [-0.2, -0.15) is 0 Å². The Balaban J connectivity index is 0.00000595. The summed E-state index contributed by atoms with van der Waals surface area (Å²) >= 11 is 0. The van der Waals surface area contributed by atoms with Crippen LogP contribution in [-0.4, -0.2) is 9.55 Å². The van der Waals surface area contributed by atoms with Crippen LogP contribution in [0.5, 0.6) is 11.5 Å². The van der Waals surface area contributed by atoms with E-state index in [4.69, 9.17) is 9.72 Å². The van der Waals surface area contributed by atoms with Gasteiger partial charge in [0.2, 0.25) is 0 Å². The molecular formula is C57H63N4OPt-3. The van der Waals surface area contributed by atoms with Crippen LogP contribution in [0.25, 0.3) is 27.6 Å². The third-order valence-electron chi connectivity index (χ3n) is 12.4. The van der Waals surface area contributed by atoms with Crippen molar-refractivity contribution in [3.8, 4) is 17.3 Å². The van der Waals surface area contributed by atoms with Crippen molar-refractivity contribution in [1.29, 1.82) is 0 Å². The second-order valence-electron chi connectivity index (χ2n) is 21.7. The summed E-state index contributed by atoms with van der Waals surface area (Å²) in [5, 5.41) is 2.32. The van der Waals surface area contributed by atoms with Gasteiger partial charge in [-0.05, 0) is 92.0 Å². The molecule has 3 heterocycles. The number of nitrogens with zero attached hydrogens (tertiary/aromatic N) is 4. The van der Waals surface area contributed by atoms with E-state index in [9.17, 15) is 0 Å². The van der Waals surface area contributed by atoms with Crippen molar-refractivity contribution in [1.82, 2.24) is 9.55 Å². The van der Waals surface area contributed by atoms with Gasteiger partial charge in [-0.3, -0.25) is 0 Å². The molecule has 7 aromatic rings. The van der Waals surface area contributed by atoms with E-state index in [2.05, 4.69) is 246 Å². The van der Waals surface area contributed by atoms with E-state index in [1.165, 1.54) is 27.8 Å². The van der Waals surface area contributed by atoms with E-state index in [1.807, 2.05) is 6.20 Å². The van der Waals surface area contributed by atoms with Crippen molar-refractivity contribution in [2.75, 3.05) is 9.80 Å². The molecule has 63 heavy (non-hydrogen) atoms. The maximum absolute atomic E-state index is 6.98. The minimum Gasteiger partial charge on any atom is -0.509 e. The van der Waals surface area contributed by atoms with E-state index in [1.54, 1.807) is 0 Å². The van der Waals surface area contributed by atoms with Crippen molar-refractivity contribution in [3.05, 3.63) is 174 Å². The third-order valence-corrected chi connectivity index (χ3v) is 12.4. The molecule has 0 amide bonds. The number of aromatic nitrogens is 2. The average molecular weight is 1020 g/mol. The molecule has 1 aliphatic rings. The molecule has 0 spiro atoms. The number of ether oxygens (including phenoxy) is 1. The predicted molar refractivity (Wildman–Crippen MR) is 261 cm³/mol. The molecule has 8 rings (SSSR count). The Hall–Kier alpha value is -5.12. The Bertz CT molecular complexity index is 2790. The quantitative estimate of drug-likeness (QED) is 0.149. The number of anilines is 2. The van der Waals surface area contributed by atoms with E-state index in [0.29, 0.717) is 11.5 Å². The summed E-state index contributed by atoms with van der Waals surface area (Å²) in [6, 6.07) is 44.7. The van der Waals surface area contributed by atoms with Gasteiger partial charge in [0.05, 0.1) is 0 Å². The van der Waals surface area contributed by atoms with Gasteiger partial charge in [0, 0.05) is 55.4 Å². The number of hydrogen-bond acceptors (Lipinski definition) is 4. The first-order valence-corrected chi connectivity index (χ1v) is 22.0. The molecule has 0 atom stereocenters. The first-order chi connectivity index (χ1) is 29.0. The zero-order valence-corrected chi connectivity index (χ0v) is 41.9. The van der Waals surface area contributed by atoms with Crippen LogP contribution >= 0.6 is 0 Å². The number of pyridine rings is 1. The fourth-order valence-corrected chi connectivity index (χ4v) is 8.37. The molecule has 0 fully saturated rings. The summed E-state index contributed by atoms with van der Waals surface area (Å²) in [7, 11) is 0. The first kappa shape index (κ1) is 45.9. The van der Waals surface area contributed by atoms with Crippen LogP contribution in [-0.2, 0) is 48.1 Å². The third kappa shape index (κ3) is 9.14. The van der Waals surface area contributed by atoms with Crippen LogP contribution in [0.3, 0.4) is 0 Å². The molecule has 0 N–H and O–H groups in total. The Labute approximate surface area is 391 Å². The van der Waals surface area contributed by atoms with Crippen molar-refractivity contribution >= 4 is 33.2 Å². The summed E-state index contributed by atoms with van der Waals surface area (Å²) in [6.45, 7) is 33.9. The van der Waals surface area contributed by atoms with Crippen LogP contribution in [0, 0.1) is 18.8 Å². The summed E-state index contributed by atoms with van der Waals surface area (Å²) < 4.78 is 9.24. The number of hydrogen-bond donors (Lipinski definition) is 0. The van der Waals surface area contributed by atoms with Gasteiger partial charge in [-0.1, -0.05) is 162 Å². The van der Waals surface area contributed by atoms with Gasteiger partial charge in [-0.25, -0.2) is 4.98 Å². The molecule has 6 heteroatoms. The van der Waals surface area contributed by atoms with Crippen LogP contribution in [0.1, 0.15) is 130 Å². The Morgan fingerprint density at radius 1 is 0.540 bits per heavy atom. The maximum Gasteiger partial charge on any atom is 0.135 e. The monoisotopic (exact) mass is 1010 g/mol. The summed E-state index contributed by atoms with van der Waals surface area (Å²) in [6.07, 6.45) is 6.18. The Morgan fingerprint density at radius 2 is 1.13 bits per heavy atom. The molecule has 0 saturated carbocycles. The summed E-state index contributed by atoms with van der Waals surface area (Å²) in [5.74, 6) is 2.12. The van der Waals surface area contributed by atoms with Crippen LogP contribution in [0.15, 0.2) is 122 Å². The SMILES string of the molecule is CC(C)(C)c1cc(Oc2[c-]c3c(c(C(C)(C)C)c2)c2ccccc2n3-c2cc(C(C)(C)c3ccccc3)ccn2)[c-]c(N2C=CN(c3cc(C(C)(C)C)cc(C(C)(C)C)c3)[CH-]2)c1.[Pt]. The fourth-order valence-electron chi connectivity index (χ4n) is 8.37. The molecule has 0 saturated heterocycles. The Morgan fingerprint density at radius 3 is 1.76 bits per heavy atom. The van der Waals surface area contributed by atoms with Gasteiger partial charge < -0.3 is 19.1 Å². The number of rotatable bonds is 7. The van der Waals surface area contributed by atoms with Crippen LogP contribution in [0.4, 0.5) is 11.4 Å². The van der Waals surface area contributed by atoms with Gasteiger partial charge in [0.25, 0.3) is 0 Å². The van der Waals surface area contributed by atoms with Gasteiger partial charge in [-0.15, -0.1) is 53.8 Å². The zero-order chi connectivity index (χ0) is 44.6. The summed E-state index contributed by atoms with van der Waals surface area (Å²) in [4.78, 5) is 9.38. The predicted octanol–water partition coefficient (Wildman–Crippen LogP) is 15.0. The Kier molecular flexibility index (Phi) is 12.0. The van der Waals surface area contributed by atoms with Crippen molar-refractivity contribution in [2.45, 2.75) is 124 Å². The molecule has 0 radical (unpaired) electrons. The van der Waals surface area contributed by atoms with E-state index in [-0.39, 0.29) is 48.1 Å². The number of para-hydroxylation sites is 1. The minimum absolute atomic E-state index is 0. The van der Waals surface area contributed by atoms with Gasteiger partial charge in [0.1, 0.15) is 5.82 Å². The molecule has 5 nitrogen and oxygen atoms in total. The van der Waals surface area contributed by atoms with Crippen molar-refractivity contribution in [2.24, 2.45) is 0 Å². The minimum atomic E-state index is -0.233. The molecule has 5 aromatic carbocycles. The molecule has 0 bridgehead atoms. The van der Waals surface area contributed by atoms with Crippen LogP contribution in [0.2, 0.25) is 0 Å².